The van der Waals surface area contributed by atoms with Crippen molar-refractivity contribution in [2.75, 3.05) is 25.6 Å². The van der Waals surface area contributed by atoms with E-state index in [1.165, 1.54) is 23.7 Å². The first kappa shape index (κ1) is 16.9. The van der Waals surface area contributed by atoms with Gasteiger partial charge in [0.1, 0.15) is 18.7 Å². The van der Waals surface area contributed by atoms with Gasteiger partial charge in [-0.05, 0) is 11.5 Å². The molecule has 0 spiro atoms. The minimum absolute atomic E-state index is 0.0284. The Bertz CT molecular complexity index is 862. The summed E-state index contributed by atoms with van der Waals surface area (Å²) in [5.41, 5.74) is 1.90. The van der Waals surface area contributed by atoms with Crippen LogP contribution >= 0.6 is 0 Å². The Kier molecular flexibility index (Phi) is 4.92. The predicted octanol–water partition coefficient (Wildman–Crippen LogP) is 2.24. The first-order valence-corrected chi connectivity index (χ1v) is 8.09. The second kappa shape index (κ2) is 7.29. The Morgan fingerprint density at radius 2 is 2.04 bits per heavy atom. The Balaban J connectivity index is 1.84. The molecule has 7 heteroatoms. The molecule has 2 heterocycles. The van der Waals surface area contributed by atoms with Gasteiger partial charge in [0.25, 0.3) is 0 Å². The third kappa shape index (κ3) is 3.60. The second-order valence-electron chi connectivity index (χ2n) is 6.01. The Morgan fingerprint density at radius 3 is 2.76 bits per heavy atom. The van der Waals surface area contributed by atoms with Crippen LogP contribution in [-0.2, 0) is 16.1 Å². The van der Waals surface area contributed by atoms with Crippen LogP contribution in [0.5, 0.6) is 0 Å². The minimum Gasteiger partial charge on any atom is -0.468 e. The van der Waals surface area contributed by atoms with Gasteiger partial charge < -0.3 is 9.64 Å². The highest BCUT2D eigenvalue weighted by Crippen LogP contribution is 2.24. The lowest BCUT2D eigenvalue weighted by Crippen LogP contribution is -2.24. The van der Waals surface area contributed by atoms with Gasteiger partial charge in [0.2, 0.25) is 0 Å². The number of hydrogen-bond donors (Lipinski definition) is 0. The molecule has 2 aromatic heterocycles. The quantitative estimate of drug-likeness (QED) is 0.641. The van der Waals surface area contributed by atoms with E-state index >= 15 is 0 Å². The van der Waals surface area contributed by atoms with Crippen LogP contribution in [0, 0.1) is 0 Å². The fourth-order valence-corrected chi connectivity index (χ4v) is 2.87. The van der Waals surface area contributed by atoms with Crippen LogP contribution in [0.2, 0.25) is 0 Å². The van der Waals surface area contributed by atoms with Crippen LogP contribution in [-0.4, -0.2) is 46.4 Å². The van der Waals surface area contributed by atoms with Gasteiger partial charge in [0.05, 0.1) is 18.7 Å². The zero-order valence-electron chi connectivity index (χ0n) is 14.6. The zero-order valence-corrected chi connectivity index (χ0v) is 14.6. The number of carbonyl (C=O) groups excluding carboxylic acids is 1. The van der Waals surface area contributed by atoms with E-state index in [0.29, 0.717) is 11.6 Å². The van der Waals surface area contributed by atoms with E-state index in [-0.39, 0.29) is 12.5 Å². The molecule has 7 nitrogen and oxygen atoms in total. The fraction of sp³-hybridized carbons (Fsp3) is 0.333. The van der Waals surface area contributed by atoms with Crippen LogP contribution in [0.15, 0.2) is 42.9 Å². The molecule has 0 bridgehead atoms. The molecule has 1 atom stereocenters. The number of fused-ring (bicyclic) bond motifs is 1. The molecular weight excluding hydrogens is 318 g/mol. The van der Waals surface area contributed by atoms with E-state index < -0.39 is 0 Å². The molecule has 0 N–H and O–H groups in total. The van der Waals surface area contributed by atoms with Crippen molar-refractivity contribution >= 4 is 22.8 Å². The van der Waals surface area contributed by atoms with Gasteiger partial charge in [0.15, 0.2) is 5.65 Å². The summed E-state index contributed by atoms with van der Waals surface area (Å²) in [5.74, 6) is 0.779. The average molecular weight is 339 g/mol. The Hall–Kier alpha value is -2.96. The van der Waals surface area contributed by atoms with Crippen molar-refractivity contribution in [2.24, 2.45) is 0 Å². The number of anilines is 1. The standard InChI is InChI=1S/C18H21N5O2/c1-13(14-7-5-4-6-8-14)10-22(2)17-15-9-21-23(11-16(24)25-3)18(15)20-12-19-17/h4-9,12-13H,10-11H2,1-3H3/t13-/m0/s1. The highest BCUT2D eigenvalue weighted by atomic mass is 16.5. The number of aromatic nitrogens is 4. The maximum Gasteiger partial charge on any atom is 0.327 e. The molecule has 0 saturated heterocycles. The van der Waals surface area contributed by atoms with E-state index in [2.05, 4.69) is 39.0 Å². The molecule has 3 aromatic rings. The van der Waals surface area contributed by atoms with E-state index in [9.17, 15) is 4.79 Å². The van der Waals surface area contributed by atoms with E-state index in [0.717, 1.165) is 17.7 Å². The van der Waals surface area contributed by atoms with Crippen LogP contribution < -0.4 is 4.90 Å². The summed E-state index contributed by atoms with van der Waals surface area (Å²) in [6.45, 7) is 3.02. The van der Waals surface area contributed by atoms with Gasteiger partial charge >= 0.3 is 5.97 Å². The van der Waals surface area contributed by atoms with E-state index in [1.54, 1.807) is 6.20 Å². The lowest BCUT2D eigenvalue weighted by Gasteiger charge is -2.23. The number of ether oxygens (including phenoxy) is 1. The molecule has 130 valence electrons. The van der Waals surface area contributed by atoms with Crippen molar-refractivity contribution in [3.63, 3.8) is 0 Å². The normalized spacial score (nSPS) is 12.1. The molecule has 0 unspecified atom stereocenters. The van der Waals surface area contributed by atoms with Crippen LogP contribution in [0.4, 0.5) is 5.82 Å². The molecule has 0 amide bonds. The number of esters is 1. The number of benzene rings is 1. The van der Waals surface area contributed by atoms with Gasteiger partial charge in [-0.2, -0.15) is 5.10 Å². The second-order valence-corrected chi connectivity index (χ2v) is 6.01. The molecule has 25 heavy (non-hydrogen) atoms. The first-order valence-electron chi connectivity index (χ1n) is 8.09. The van der Waals surface area contributed by atoms with Crippen molar-refractivity contribution < 1.29 is 9.53 Å². The maximum absolute atomic E-state index is 11.5. The van der Waals surface area contributed by atoms with Crippen molar-refractivity contribution in [1.29, 1.82) is 0 Å². The molecule has 0 aliphatic rings. The van der Waals surface area contributed by atoms with E-state index in [1.807, 2.05) is 25.2 Å². The summed E-state index contributed by atoms with van der Waals surface area (Å²) < 4.78 is 6.23. The average Bonchev–Trinajstić information content (AvgIpc) is 3.05. The molecule has 0 radical (unpaired) electrons. The van der Waals surface area contributed by atoms with Crippen molar-refractivity contribution in [3.05, 3.63) is 48.4 Å². The largest absolute Gasteiger partial charge is 0.468 e. The highest BCUT2D eigenvalue weighted by molar-refractivity contribution is 5.87. The maximum atomic E-state index is 11.5. The topological polar surface area (TPSA) is 73.1 Å². The summed E-state index contributed by atoms with van der Waals surface area (Å²) in [7, 11) is 3.35. The molecule has 0 fully saturated rings. The number of methoxy groups -OCH3 is 1. The van der Waals surface area contributed by atoms with Crippen LogP contribution in [0.3, 0.4) is 0 Å². The SMILES string of the molecule is COC(=O)Cn1ncc2c(N(C)C[C@H](C)c3ccccc3)ncnc21. The van der Waals surface area contributed by atoms with Gasteiger partial charge in [0, 0.05) is 13.6 Å². The summed E-state index contributed by atoms with van der Waals surface area (Å²) in [6.07, 6.45) is 3.19. The first-order chi connectivity index (χ1) is 12.1. The smallest absolute Gasteiger partial charge is 0.327 e. The van der Waals surface area contributed by atoms with Crippen molar-refractivity contribution in [1.82, 2.24) is 19.7 Å². The van der Waals surface area contributed by atoms with Gasteiger partial charge in [-0.3, -0.25) is 4.79 Å². The van der Waals surface area contributed by atoms with Gasteiger partial charge in [-0.25, -0.2) is 14.6 Å². The lowest BCUT2D eigenvalue weighted by molar-refractivity contribution is -0.141. The third-order valence-electron chi connectivity index (χ3n) is 4.20. The van der Waals surface area contributed by atoms with E-state index in [4.69, 9.17) is 4.74 Å². The molecule has 0 aliphatic carbocycles. The number of likely N-dealkylation sites (N-methyl/N-ethyl adjacent to an activating group) is 1. The molecule has 3 rings (SSSR count). The number of carbonyl (C=O) groups is 1. The molecule has 1 aromatic carbocycles. The Labute approximate surface area is 146 Å². The number of rotatable bonds is 6. The third-order valence-corrected chi connectivity index (χ3v) is 4.20. The summed E-state index contributed by atoms with van der Waals surface area (Å²) in [4.78, 5) is 22.3. The van der Waals surface area contributed by atoms with Gasteiger partial charge in [-0.15, -0.1) is 0 Å². The molecule has 0 saturated carbocycles. The van der Waals surface area contributed by atoms with Crippen LogP contribution in [0.1, 0.15) is 18.4 Å². The van der Waals surface area contributed by atoms with Crippen molar-refractivity contribution in [2.45, 2.75) is 19.4 Å². The zero-order chi connectivity index (χ0) is 17.8. The monoisotopic (exact) mass is 339 g/mol. The van der Waals surface area contributed by atoms with Crippen molar-refractivity contribution in [3.8, 4) is 0 Å². The van der Waals surface area contributed by atoms with Gasteiger partial charge in [-0.1, -0.05) is 37.3 Å². The summed E-state index contributed by atoms with van der Waals surface area (Å²) in [5, 5.41) is 5.06. The summed E-state index contributed by atoms with van der Waals surface area (Å²) in [6, 6.07) is 10.4. The lowest BCUT2D eigenvalue weighted by atomic mass is 10.0. The van der Waals surface area contributed by atoms with Crippen LogP contribution in [0.25, 0.3) is 11.0 Å². The molecular formula is C18H21N5O2. The predicted molar refractivity (Wildman–Crippen MR) is 95.5 cm³/mol. The fourth-order valence-electron chi connectivity index (χ4n) is 2.87. The Morgan fingerprint density at radius 1 is 1.28 bits per heavy atom. The number of nitrogens with zero attached hydrogens (tertiary/aromatic N) is 5. The number of hydrogen-bond acceptors (Lipinski definition) is 6. The highest BCUT2D eigenvalue weighted by Gasteiger charge is 2.17. The summed E-state index contributed by atoms with van der Waals surface area (Å²) >= 11 is 0. The minimum atomic E-state index is -0.365. The molecule has 0 aliphatic heterocycles.